The molecule has 1 aliphatic rings. The normalized spacial score (nSPS) is 14.9. The van der Waals surface area contributed by atoms with Crippen molar-refractivity contribution >= 4 is 17.2 Å². The SMILES string of the molecule is CCCCN(Cc1ccc(F)c(C(N)=S)c1)C1CC1. The Labute approximate surface area is 119 Å². The van der Waals surface area contributed by atoms with Gasteiger partial charge >= 0.3 is 0 Å². The topological polar surface area (TPSA) is 29.3 Å². The lowest BCUT2D eigenvalue weighted by molar-refractivity contribution is 0.250. The summed E-state index contributed by atoms with van der Waals surface area (Å²) in [5.41, 5.74) is 6.99. The van der Waals surface area contributed by atoms with E-state index in [2.05, 4.69) is 11.8 Å². The number of hydrogen-bond donors (Lipinski definition) is 1. The highest BCUT2D eigenvalue weighted by Crippen LogP contribution is 2.28. The van der Waals surface area contributed by atoms with E-state index in [9.17, 15) is 4.39 Å². The summed E-state index contributed by atoms with van der Waals surface area (Å²) in [6.45, 7) is 4.18. The number of rotatable bonds is 7. The Bertz CT molecular complexity index is 457. The summed E-state index contributed by atoms with van der Waals surface area (Å²) >= 11 is 4.88. The Morgan fingerprint density at radius 3 is 2.79 bits per heavy atom. The van der Waals surface area contributed by atoms with Crippen LogP contribution in [0.2, 0.25) is 0 Å². The van der Waals surface area contributed by atoms with E-state index in [0.717, 1.165) is 18.7 Å². The Balaban J connectivity index is 2.08. The summed E-state index contributed by atoms with van der Waals surface area (Å²) in [7, 11) is 0. The molecule has 0 atom stereocenters. The van der Waals surface area contributed by atoms with Crippen molar-refractivity contribution in [3.63, 3.8) is 0 Å². The predicted molar refractivity (Wildman–Crippen MR) is 80.6 cm³/mol. The molecule has 0 bridgehead atoms. The summed E-state index contributed by atoms with van der Waals surface area (Å²) in [5.74, 6) is -0.331. The maximum Gasteiger partial charge on any atom is 0.133 e. The molecule has 19 heavy (non-hydrogen) atoms. The Morgan fingerprint density at radius 1 is 1.47 bits per heavy atom. The molecule has 0 aliphatic heterocycles. The maximum atomic E-state index is 13.6. The van der Waals surface area contributed by atoms with Crippen LogP contribution >= 0.6 is 12.2 Å². The third kappa shape index (κ3) is 3.98. The van der Waals surface area contributed by atoms with Crippen molar-refractivity contribution in [3.8, 4) is 0 Å². The second-order valence-corrected chi connectivity index (χ2v) is 5.67. The Kier molecular flexibility index (Phi) is 4.88. The average Bonchev–Trinajstić information content (AvgIpc) is 3.20. The minimum atomic E-state index is -0.331. The van der Waals surface area contributed by atoms with Crippen molar-refractivity contribution in [1.29, 1.82) is 0 Å². The van der Waals surface area contributed by atoms with Gasteiger partial charge in [0.05, 0.1) is 0 Å². The summed E-state index contributed by atoms with van der Waals surface area (Å²) in [4.78, 5) is 2.62. The highest BCUT2D eigenvalue weighted by atomic mass is 32.1. The highest BCUT2D eigenvalue weighted by molar-refractivity contribution is 7.80. The molecule has 0 saturated heterocycles. The van der Waals surface area contributed by atoms with E-state index in [1.54, 1.807) is 6.07 Å². The molecule has 1 saturated carbocycles. The number of thiocarbonyl (C=S) groups is 1. The number of hydrogen-bond acceptors (Lipinski definition) is 2. The molecular weight excluding hydrogens is 259 g/mol. The van der Waals surface area contributed by atoms with Gasteiger partial charge < -0.3 is 5.73 Å². The van der Waals surface area contributed by atoms with Crippen LogP contribution in [0.5, 0.6) is 0 Å². The van der Waals surface area contributed by atoms with Crippen molar-refractivity contribution in [2.75, 3.05) is 6.54 Å². The fourth-order valence-corrected chi connectivity index (χ4v) is 2.44. The van der Waals surface area contributed by atoms with Crippen LogP contribution in [0.4, 0.5) is 4.39 Å². The van der Waals surface area contributed by atoms with E-state index >= 15 is 0 Å². The van der Waals surface area contributed by atoms with Gasteiger partial charge in [0.2, 0.25) is 0 Å². The van der Waals surface area contributed by atoms with Gasteiger partial charge in [0.15, 0.2) is 0 Å². The molecular formula is C15H21FN2S. The van der Waals surface area contributed by atoms with E-state index in [-0.39, 0.29) is 10.8 Å². The smallest absolute Gasteiger partial charge is 0.133 e. The van der Waals surface area contributed by atoms with Gasteiger partial charge in [0.1, 0.15) is 10.8 Å². The number of unbranched alkanes of at least 4 members (excludes halogenated alkanes) is 1. The van der Waals surface area contributed by atoms with Crippen LogP contribution in [0.25, 0.3) is 0 Å². The van der Waals surface area contributed by atoms with Crippen molar-refractivity contribution in [1.82, 2.24) is 4.90 Å². The van der Waals surface area contributed by atoms with Crippen LogP contribution in [0, 0.1) is 5.82 Å². The fourth-order valence-electron chi connectivity index (χ4n) is 2.29. The second kappa shape index (κ2) is 6.44. The molecule has 0 aromatic heterocycles. The Morgan fingerprint density at radius 2 is 2.21 bits per heavy atom. The van der Waals surface area contributed by atoms with Gasteiger partial charge in [-0.05, 0) is 43.5 Å². The van der Waals surface area contributed by atoms with Crippen molar-refractivity contribution in [2.45, 2.75) is 45.2 Å². The van der Waals surface area contributed by atoms with E-state index in [1.165, 1.54) is 31.7 Å². The van der Waals surface area contributed by atoms with Gasteiger partial charge in [-0.25, -0.2) is 4.39 Å². The minimum absolute atomic E-state index is 0.130. The summed E-state index contributed by atoms with van der Waals surface area (Å²) < 4.78 is 13.6. The predicted octanol–water partition coefficient (Wildman–Crippen LogP) is 3.22. The molecule has 2 rings (SSSR count). The third-order valence-electron chi connectivity index (χ3n) is 3.54. The molecule has 1 aromatic rings. The third-order valence-corrected chi connectivity index (χ3v) is 3.76. The lowest BCUT2D eigenvalue weighted by Gasteiger charge is -2.22. The molecule has 4 heteroatoms. The lowest BCUT2D eigenvalue weighted by Crippen LogP contribution is -2.27. The van der Waals surface area contributed by atoms with Gasteiger partial charge in [0.25, 0.3) is 0 Å². The molecule has 0 amide bonds. The lowest BCUT2D eigenvalue weighted by atomic mass is 10.1. The van der Waals surface area contributed by atoms with Crippen molar-refractivity contribution in [2.24, 2.45) is 5.73 Å². The first kappa shape index (κ1) is 14.4. The van der Waals surface area contributed by atoms with Crippen LogP contribution < -0.4 is 5.73 Å². The molecule has 0 unspecified atom stereocenters. The van der Waals surface area contributed by atoms with Crippen molar-refractivity contribution < 1.29 is 4.39 Å². The van der Waals surface area contributed by atoms with E-state index < -0.39 is 0 Å². The molecule has 0 radical (unpaired) electrons. The second-order valence-electron chi connectivity index (χ2n) is 5.23. The fraction of sp³-hybridized carbons (Fsp3) is 0.533. The molecule has 1 aliphatic carbocycles. The van der Waals surface area contributed by atoms with Crippen LogP contribution in [-0.4, -0.2) is 22.5 Å². The van der Waals surface area contributed by atoms with Crippen LogP contribution in [0.15, 0.2) is 18.2 Å². The zero-order chi connectivity index (χ0) is 13.8. The first-order valence-electron chi connectivity index (χ1n) is 6.94. The highest BCUT2D eigenvalue weighted by Gasteiger charge is 2.28. The largest absolute Gasteiger partial charge is 0.389 e. The van der Waals surface area contributed by atoms with Crippen LogP contribution in [0.1, 0.15) is 43.7 Å². The first-order chi connectivity index (χ1) is 9.11. The zero-order valence-corrected chi connectivity index (χ0v) is 12.2. The number of halogens is 1. The Hall–Kier alpha value is -1.00. The zero-order valence-electron chi connectivity index (χ0n) is 11.4. The molecule has 2 nitrogen and oxygen atoms in total. The van der Waals surface area contributed by atoms with Crippen LogP contribution in [-0.2, 0) is 6.54 Å². The summed E-state index contributed by atoms with van der Waals surface area (Å²) in [6, 6.07) is 5.80. The monoisotopic (exact) mass is 280 g/mol. The number of nitrogens with zero attached hydrogens (tertiary/aromatic N) is 1. The molecule has 1 fully saturated rings. The van der Waals surface area contributed by atoms with E-state index in [4.69, 9.17) is 18.0 Å². The van der Waals surface area contributed by atoms with Crippen LogP contribution in [0.3, 0.4) is 0 Å². The van der Waals surface area contributed by atoms with Gasteiger partial charge in [-0.1, -0.05) is 31.6 Å². The standard InChI is InChI=1S/C15H21FN2S/c1-2-3-8-18(12-5-6-12)10-11-4-7-14(16)13(9-11)15(17)19/h4,7,9,12H,2-3,5-6,8,10H2,1H3,(H2,17,19). The molecule has 2 N–H and O–H groups in total. The van der Waals surface area contributed by atoms with Gasteiger partial charge in [-0.2, -0.15) is 0 Å². The van der Waals surface area contributed by atoms with E-state index in [0.29, 0.717) is 11.6 Å². The maximum absolute atomic E-state index is 13.6. The molecule has 1 aromatic carbocycles. The average molecular weight is 280 g/mol. The van der Waals surface area contributed by atoms with Crippen molar-refractivity contribution in [3.05, 3.63) is 35.1 Å². The summed E-state index contributed by atoms with van der Waals surface area (Å²) in [5, 5.41) is 0. The molecule has 104 valence electrons. The number of nitrogens with two attached hydrogens (primary N) is 1. The van der Waals surface area contributed by atoms with E-state index in [1.807, 2.05) is 6.07 Å². The van der Waals surface area contributed by atoms with Gasteiger partial charge in [-0.3, -0.25) is 4.90 Å². The number of benzene rings is 1. The van der Waals surface area contributed by atoms with Gasteiger partial charge in [0, 0.05) is 18.2 Å². The van der Waals surface area contributed by atoms with Gasteiger partial charge in [-0.15, -0.1) is 0 Å². The first-order valence-corrected chi connectivity index (χ1v) is 7.35. The molecule has 0 heterocycles. The molecule has 0 spiro atoms. The summed E-state index contributed by atoms with van der Waals surface area (Å²) in [6.07, 6.45) is 4.98. The minimum Gasteiger partial charge on any atom is -0.389 e. The quantitative estimate of drug-likeness (QED) is 0.778.